The van der Waals surface area contributed by atoms with E-state index in [1.54, 1.807) is 0 Å². The van der Waals surface area contributed by atoms with Crippen LogP contribution in [0.4, 0.5) is 0 Å². The minimum absolute atomic E-state index is 0.275. The number of hydrogen-bond acceptors (Lipinski definition) is 2. The standard InChI is InChI=1S/C13H19NO/c1-10-3-5-11(6-4-10)13-9-12(14-2)7-8-15-13/h3-6,12-14H,7-9H2,1-2H3. The molecule has 1 aromatic carbocycles. The van der Waals surface area contributed by atoms with Crippen LogP contribution in [0.2, 0.25) is 0 Å². The van der Waals surface area contributed by atoms with Crippen LogP contribution in [0.15, 0.2) is 24.3 Å². The first-order valence-corrected chi connectivity index (χ1v) is 5.65. The number of nitrogens with one attached hydrogen (secondary N) is 1. The summed E-state index contributed by atoms with van der Waals surface area (Å²) in [6, 6.07) is 9.27. The average molecular weight is 205 g/mol. The van der Waals surface area contributed by atoms with E-state index in [0.717, 1.165) is 19.4 Å². The zero-order chi connectivity index (χ0) is 10.7. The van der Waals surface area contributed by atoms with Crippen molar-refractivity contribution in [1.82, 2.24) is 5.32 Å². The predicted molar refractivity (Wildman–Crippen MR) is 62.0 cm³/mol. The lowest BCUT2D eigenvalue weighted by Gasteiger charge is -2.29. The number of ether oxygens (including phenoxy) is 1. The summed E-state index contributed by atoms with van der Waals surface area (Å²) in [4.78, 5) is 0. The summed E-state index contributed by atoms with van der Waals surface area (Å²) in [6.07, 6.45) is 2.48. The molecule has 1 fully saturated rings. The summed E-state index contributed by atoms with van der Waals surface area (Å²) >= 11 is 0. The quantitative estimate of drug-likeness (QED) is 0.800. The SMILES string of the molecule is CNC1CCOC(c2ccc(C)cc2)C1. The van der Waals surface area contributed by atoms with Gasteiger partial charge in [-0.15, -0.1) is 0 Å². The van der Waals surface area contributed by atoms with Crippen LogP contribution in [-0.4, -0.2) is 19.7 Å². The maximum Gasteiger partial charge on any atom is 0.0839 e. The largest absolute Gasteiger partial charge is 0.373 e. The molecule has 0 aromatic heterocycles. The van der Waals surface area contributed by atoms with E-state index in [1.165, 1.54) is 11.1 Å². The van der Waals surface area contributed by atoms with E-state index in [4.69, 9.17) is 4.74 Å². The van der Waals surface area contributed by atoms with Crippen molar-refractivity contribution in [2.24, 2.45) is 0 Å². The lowest BCUT2D eigenvalue weighted by molar-refractivity contribution is 0.00154. The Labute approximate surface area is 91.6 Å². The first-order valence-electron chi connectivity index (χ1n) is 5.65. The van der Waals surface area contributed by atoms with Crippen molar-refractivity contribution in [3.8, 4) is 0 Å². The van der Waals surface area contributed by atoms with Crippen LogP contribution >= 0.6 is 0 Å². The zero-order valence-electron chi connectivity index (χ0n) is 9.49. The van der Waals surface area contributed by atoms with Gasteiger partial charge >= 0.3 is 0 Å². The molecule has 0 spiro atoms. The Morgan fingerprint density at radius 1 is 1.27 bits per heavy atom. The summed E-state index contributed by atoms with van der Waals surface area (Å²) < 4.78 is 5.80. The lowest BCUT2D eigenvalue weighted by atomic mass is 9.97. The van der Waals surface area contributed by atoms with Gasteiger partial charge in [-0.3, -0.25) is 0 Å². The third-order valence-electron chi connectivity index (χ3n) is 3.14. The molecule has 1 aliphatic rings. The molecule has 2 nitrogen and oxygen atoms in total. The summed E-state index contributed by atoms with van der Waals surface area (Å²) in [5, 5.41) is 3.34. The fraction of sp³-hybridized carbons (Fsp3) is 0.538. The van der Waals surface area contributed by atoms with Crippen LogP contribution in [0.25, 0.3) is 0 Å². The monoisotopic (exact) mass is 205 g/mol. The van der Waals surface area contributed by atoms with Gasteiger partial charge < -0.3 is 10.1 Å². The van der Waals surface area contributed by atoms with E-state index in [0.29, 0.717) is 6.04 Å². The first-order chi connectivity index (χ1) is 7.29. The molecule has 1 N–H and O–H groups in total. The van der Waals surface area contributed by atoms with Crippen molar-refractivity contribution in [3.05, 3.63) is 35.4 Å². The van der Waals surface area contributed by atoms with Gasteiger partial charge in [-0.1, -0.05) is 29.8 Å². The summed E-state index contributed by atoms with van der Waals surface area (Å²) in [6.45, 7) is 2.98. The van der Waals surface area contributed by atoms with Crippen molar-refractivity contribution in [3.63, 3.8) is 0 Å². The molecular weight excluding hydrogens is 186 g/mol. The van der Waals surface area contributed by atoms with Crippen molar-refractivity contribution in [2.75, 3.05) is 13.7 Å². The summed E-state index contributed by atoms with van der Waals surface area (Å²) in [5.41, 5.74) is 2.61. The van der Waals surface area contributed by atoms with Gasteiger partial charge in [-0.25, -0.2) is 0 Å². The Bertz CT molecular complexity index is 307. The Hall–Kier alpha value is -0.860. The smallest absolute Gasteiger partial charge is 0.0839 e. The van der Waals surface area contributed by atoms with Gasteiger partial charge in [0.2, 0.25) is 0 Å². The molecule has 0 bridgehead atoms. The molecule has 0 amide bonds. The molecule has 1 saturated heterocycles. The minimum Gasteiger partial charge on any atom is -0.373 e. The second-order valence-corrected chi connectivity index (χ2v) is 4.28. The van der Waals surface area contributed by atoms with E-state index < -0.39 is 0 Å². The number of aryl methyl sites for hydroxylation is 1. The van der Waals surface area contributed by atoms with Gasteiger partial charge in [-0.05, 0) is 32.4 Å². The Balaban J connectivity index is 2.06. The van der Waals surface area contributed by atoms with Gasteiger partial charge in [0.15, 0.2) is 0 Å². The van der Waals surface area contributed by atoms with Crippen LogP contribution < -0.4 is 5.32 Å². The topological polar surface area (TPSA) is 21.3 Å². The minimum atomic E-state index is 0.275. The predicted octanol–water partition coefficient (Wildman–Crippen LogP) is 2.43. The van der Waals surface area contributed by atoms with Crippen molar-refractivity contribution >= 4 is 0 Å². The first kappa shape index (κ1) is 10.7. The van der Waals surface area contributed by atoms with Crippen molar-refractivity contribution in [1.29, 1.82) is 0 Å². The molecule has 2 heteroatoms. The lowest BCUT2D eigenvalue weighted by Crippen LogP contribution is -2.33. The molecular formula is C13H19NO. The Kier molecular flexibility index (Phi) is 3.39. The van der Waals surface area contributed by atoms with Crippen LogP contribution in [0, 0.1) is 6.92 Å². The van der Waals surface area contributed by atoms with Gasteiger partial charge in [0, 0.05) is 12.6 Å². The maximum atomic E-state index is 5.80. The molecule has 15 heavy (non-hydrogen) atoms. The van der Waals surface area contributed by atoms with E-state index >= 15 is 0 Å². The molecule has 1 heterocycles. The molecule has 2 unspecified atom stereocenters. The maximum absolute atomic E-state index is 5.80. The van der Waals surface area contributed by atoms with Gasteiger partial charge in [-0.2, -0.15) is 0 Å². The second-order valence-electron chi connectivity index (χ2n) is 4.28. The summed E-state index contributed by atoms with van der Waals surface area (Å²) in [5.74, 6) is 0. The number of rotatable bonds is 2. The molecule has 1 aromatic rings. The zero-order valence-corrected chi connectivity index (χ0v) is 9.49. The van der Waals surface area contributed by atoms with Crippen LogP contribution in [0.5, 0.6) is 0 Å². The fourth-order valence-electron chi connectivity index (χ4n) is 2.07. The van der Waals surface area contributed by atoms with Crippen LogP contribution in [0.1, 0.15) is 30.1 Å². The molecule has 1 aliphatic heterocycles. The van der Waals surface area contributed by atoms with E-state index in [2.05, 4.69) is 36.5 Å². The molecule has 0 aliphatic carbocycles. The molecule has 0 saturated carbocycles. The Morgan fingerprint density at radius 2 is 2.00 bits per heavy atom. The van der Waals surface area contributed by atoms with Crippen LogP contribution in [-0.2, 0) is 4.74 Å². The highest BCUT2D eigenvalue weighted by molar-refractivity contribution is 5.23. The molecule has 2 rings (SSSR count). The molecule has 82 valence electrons. The van der Waals surface area contributed by atoms with Crippen molar-refractivity contribution < 1.29 is 4.74 Å². The van der Waals surface area contributed by atoms with Gasteiger partial charge in [0.05, 0.1) is 6.10 Å². The van der Waals surface area contributed by atoms with Crippen molar-refractivity contribution in [2.45, 2.75) is 31.9 Å². The van der Waals surface area contributed by atoms with E-state index in [9.17, 15) is 0 Å². The highest BCUT2D eigenvalue weighted by Gasteiger charge is 2.22. The average Bonchev–Trinajstić information content (AvgIpc) is 2.30. The van der Waals surface area contributed by atoms with Gasteiger partial charge in [0.1, 0.15) is 0 Å². The van der Waals surface area contributed by atoms with Crippen LogP contribution in [0.3, 0.4) is 0 Å². The highest BCUT2D eigenvalue weighted by atomic mass is 16.5. The Morgan fingerprint density at radius 3 is 2.67 bits per heavy atom. The third kappa shape index (κ3) is 2.58. The number of hydrogen-bond donors (Lipinski definition) is 1. The fourth-order valence-corrected chi connectivity index (χ4v) is 2.07. The highest BCUT2D eigenvalue weighted by Crippen LogP contribution is 2.27. The molecule has 2 atom stereocenters. The molecule has 0 radical (unpaired) electrons. The van der Waals surface area contributed by atoms with E-state index in [1.807, 2.05) is 7.05 Å². The van der Waals surface area contributed by atoms with Gasteiger partial charge in [0.25, 0.3) is 0 Å². The number of benzene rings is 1. The third-order valence-corrected chi connectivity index (χ3v) is 3.14. The van der Waals surface area contributed by atoms with E-state index in [-0.39, 0.29) is 6.10 Å². The second kappa shape index (κ2) is 4.77. The summed E-state index contributed by atoms with van der Waals surface area (Å²) in [7, 11) is 2.03. The normalized spacial score (nSPS) is 26.5.